The molecular formula is C24H30N5O2+. The molecule has 1 aliphatic heterocycles. The smallest absolute Gasteiger partial charge is 0.324 e. The molecule has 4 rings (SSSR count). The first kappa shape index (κ1) is 20.9. The Morgan fingerprint density at radius 1 is 1.16 bits per heavy atom. The number of benzene rings is 2. The normalized spacial score (nSPS) is 15.7. The summed E-state index contributed by atoms with van der Waals surface area (Å²) in [6.07, 6.45) is 2.07. The fraction of sp³-hybridized carbons (Fsp3) is 0.333. The number of nitrogens with zero attached hydrogens (tertiary/aromatic N) is 2. The predicted molar refractivity (Wildman–Crippen MR) is 122 cm³/mol. The molecule has 162 valence electrons. The molecule has 31 heavy (non-hydrogen) atoms. The predicted octanol–water partition coefficient (Wildman–Crippen LogP) is 1.87. The van der Waals surface area contributed by atoms with Crippen molar-refractivity contribution < 1.29 is 14.9 Å². The van der Waals surface area contributed by atoms with Gasteiger partial charge in [0.15, 0.2) is 6.04 Å². The minimum absolute atomic E-state index is 0.106. The zero-order chi connectivity index (χ0) is 22.0. The molecule has 2 aromatic carbocycles. The van der Waals surface area contributed by atoms with Crippen LogP contribution in [0.4, 0.5) is 10.5 Å². The van der Waals surface area contributed by atoms with Crippen LogP contribution in [0.1, 0.15) is 24.0 Å². The quantitative estimate of drug-likeness (QED) is 0.546. The third-order valence-corrected chi connectivity index (χ3v) is 6.05. The molecule has 1 aliphatic rings. The molecule has 0 saturated carbocycles. The highest BCUT2D eigenvalue weighted by molar-refractivity contribution is 5.97. The first-order valence-electron chi connectivity index (χ1n) is 10.7. The van der Waals surface area contributed by atoms with Gasteiger partial charge in [0.1, 0.15) is 0 Å². The SMILES string of the molecule is C[C@H]([NH2+]C[C@H](c1ccc(N(C)C)cc1)c1c[nH]c2ccccc12)C(=O)N1CCNC1=O. The van der Waals surface area contributed by atoms with Gasteiger partial charge in [-0.25, -0.2) is 4.79 Å². The number of imide groups is 1. The van der Waals surface area contributed by atoms with Gasteiger partial charge < -0.3 is 20.5 Å². The summed E-state index contributed by atoms with van der Waals surface area (Å²) < 4.78 is 0. The number of amides is 3. The molecule has 1 fully saturated rings. The van der Waals surface area contributed by atoms with Crippen molar-refractivity contribution in [2.45, 2.75) is 18.9 Å². The van der Waals surface area contributed by atoms with Crippen molar-refractivity contribution in [2.24, 2.45) is 0 Å². The number of anilines is 1. The van der Waals surface area contributed by atoms with Gasteiger partial charge in [-0.3, -0.25) is 9.69 Å². The van der Waals surface area contributed by atoms with Crippen LogP contribution in [0.2, 0.25) is 0 Å². The minimum atomic E-state index is -0.336. The number of nitrogens with two attached hydrogens (primary N) is 1. The molecule has 1 saturated heterocycles. The molecular weight excluding hydrogens is 390 g/mol. The standard InChI is InChI=1S/C24H29N5O2/c1-16(23(30)29-13-12-25-24(29)31)26-14-20(17-8-10-18(11-9-17)28(2)3)21-15-27-22-7-5-4-6-19(21)22/h4-11,15-16,20,26-27H,12-14H2,1-3H3,(H,25,31)/p+1/t16-,20+/m0/s1. The Hall–Kier alpha value is -3.32. The van der Waals surface area contributed by atoms with E-state index >= 15 is 0 Å². The van der Waals surface area contributed by atoms with Gasteiger partial charge in [-0.05, 0) is 36.2 Å². The van der Waals surface area contributed by atoms with Gasteiger partial charge in [-0.1, -0.05) is 30.3 Å². The number of aromatic nitrogens is 1. The molecule has 2 heterocycles. The number of fused-ring (bicyclic) bond motifs is 1. The largest absolute Gasteiger partial charge is 0.378 e. The van der Waals surface area contributed by atoms with E-state index in [9.17, 15) is 9.59 Å². The van der Waals surface area contributed by atoms with Crippen molar-refractivity contribution in [3.8, 4) is 0 Å². The van der Waals surface area contributed by atoms with E-state index in [1.165, 1.54) is 21.4 Å². The van der Waals surface area contributed by atoms with Crippen molar-refractivity contribution in [3.63, 3.8) is 0 Å². The van der Waals surface area contributed by atoms with Crippen LogP contribution in [0, 0.1) is 0 Å². The van der Waals surface area contributed by atoms with E-state index in [0.29, 0.717) is 19.6 Å². The summed E-state index contributed by atoms with van der Waals surface area (Å²) >= 11 is 0. The van der Waals surface area contributed by atoms with E-state index in [1.807, 2.05) is 38.5 Å². The molecule has 1 aromatic heterocycles. The van der Waals surface area contributed by atoms with Crippen LogP contribution >= 0.6 is 0 Å². The van der Waals surface area contributed by atoms with Gasteiger partial charge >= 0.3 is 6.03 Å². The fourth-order valence-electron chi connectivity index (χ4n) is 4.20. The molecule has 7 nitrogen and oxygen atoms in total. The van der Waals surface area contributed by atoms with Crippen LogP contribution in [0.3, 0.4) is 0 Å². The van der Waals surface area contributed by atoms with Gasteiger partial charge in [0.05, 0.1) is 12.5 Å². The Bertz CT molecular complexity index is 1070. The monoisotopic (exact) mass is 420 g/mol. The zero-order valence-electron chi connectivity index (χ0n) is 18.3. The number of aromatic amines is 1. The highest BCUT2D eigenvalue weighted by Crippen LogP contribution is 2.30. The second-order valence-corrected chi connectivity index (χ2v) is 8.31. The van der Waals surface area contributed by atoms with Gasteiger partial charge in [-0.15, -0.1) is 0 Å². The molecule has 7 heteroatoms. The number of carbonyl (C=O) groups excluding carboxylic acids is 2. The highest BCUT2D eigenvalue weighted by atomic mass is 16.2. The van der Waals surface area contributed by atoms with Crippen molar-refractivity contribution in [3.05, 3.63) is 65.9 Å². The van der Waals surface area contributed by atoms with Gasteiger partial charge in [0.25, 0.3) is 5.91 Å². The summed E-state index contributed by atoms with van der Waals surface area (Å²) in [6, 6.07) is 16.2. The van der Waals surface area contributed by atoms with E-state index < -0.39 is 0 Å². The van der Waals surface area contributed by atoms with Crippen molar-refractivity contribution in [1.29, 1.82) is 0 Å². The summed E-state index contributed by atoms with van der Waals surface area (Å²) in [4.78, 5) is 31.4. The molecule has 3 aromatic rings. The van der Waals surface area contributed by atoms with E-state index in [-0.39, 0.29) is 23.9 Å². The number of rotatable bonds is 7. The maximum atomic E-state index is 12.7. The van der Waals surface area contributed by atoms with E-state index in [1.54, 1.807) is 0 Å². The summed E-state index contributed by atoms with van der Waals surface area (Å²) in [6.45, 7) is 3.53. The van der Waals surface area contributed by atoms with Crippen LogP contribution in [0.15, 0.2) is 54.7 Å². The summed E-state index contributed by atoms with van der Waals surface area (Å²) in [7, 11) is 4.06. The molecule has 0 bridgehead atoms. The third kappa shape index (κ3) is 4.27. The lowest BCUT2D eigenvalue weighted by molar-refractivity contribution is -0.675. The number of urea groups is 1. The maximum absolute atomic E-state index is 12.7. The van der Waals surface area contributed by atoms with Crippen LogP contribution < -0.4 is 15.5 Å². The van der Waals surface area contributed by atoms with Crippen molar-refractivity contribution >= 4 is 28.5 Å². The van der Waals surface area contributed by atoms with E-state index in [0.717, 1.165) is 11.2 Å². The number of hydrogen-bond donors (Lipinski definition) is 3. The van der Waals surface area contributed by atoms with E-state index in [4.69, 9.17) is 0 Å². The molecule has 3 amide bonds. The van der Waals surface area contributed by atoms with Crippen LogP contribution in [-0.2, 0) is 4.79 Å². The van der Waals surface area contributed by atoms with Gasteiger partial charge in [0.2, 0.25) is 0 Å². The topological polar surface area (TPSA) is 85.1 Å². The first-order valence-corrected chi connectivity index (χ1v) is 10.7. The zero-order valence-corrected chi connectivity index (χ0v) is 18.3. The highest BCUT2D eigenvalue weighted by Gasteiger charge is 2.32. The Morgan fingerprint density at radius 2 is 1.90 bits per heavy atom. The Labute approximate surface area is 182 Å². The molecule has 0 unspecified atom stereocenters. The van der Waals surface area contributed by atoms with Crippen LogP contribution in [0.25, 0.3) is 10.9 Å². The lowest BCUT2D eigenvalue weighted by Gasteiger charge is -2.21. The average molecular weight is 421 g/mol. The summed E-state index contributed by atoms with van der Waals surface area (Å²) in [5.41, 5.74) is 4.66. The Balaban J connectivity index is 1.59. The minimum Gasteiger partial charge on any atom is -0.378 e. The van der Waals surface area contributed by atoms with Gasteiger partial charge in [-0.2, -0.15) is 0 Å². The van der Waals surface area contributed by atoms with Crippen LogP contribution in [-0.4, -0.2) is 61.6 Å². The molecule has 0 radical (unpaired) electrons. The Morgan fingerprint density at radius 3 is 2.58 bits per heavy atom. The molecule has 2 atom stereocenters. The van der Waals surface area contributed by atoms with Crippen molar-refractivity contribution in [2.75, 3.05) is 38.6 Å². The number of carbonyl (C=O) groups is 2. The number of H-pyrrole nitrogens is 1. The third-order valence-electron chi connectivity index (χ3n) is 6.05. The van der Waals surface area contributed by atoms with Crippen molar-refractivity contribution in [1.82, 2.24) is 15.2 Å². The van der Waals surface area contributed by atoms with Crippen LogP contribution in [0.5, 0.6) is 0 Å². The number of nitrogens with one attached hydrogen (secondary N) is 2. The first-order chi connectivity index (χ1) is 15.0. The lowest BCUT2D eigenvalue weighted by Crippen LogP contribution is -2.92. The fourth-order valence-corrected chi connectivity index (χ4v) is 4.20. The summed E-state index contributed by atoms with van der Waals surface area (Å²) in [5.74, 6) is -0.0364. The number of hydrogen-bond acceptors (Lipinski definition) is 3. The second kappa shape index (κ2) is 8.81. The van der Waals surface area contributed by atoms with Gasteiger partial charge in [0, 0.05) is 50.0 Å². The second-order valence-electron chi connectivity index (χ2n) is 8.31. The Kier molecular flexibility index (Phi) is 5.95. The lowest BCUT2D eigenvalue weighted by atomic mass is 9.90. The maximum Gasteiger partial charge on any atom is 0.324 e. The number of para-hydroxylation sites is 1. The molecule has 4 N–H and O–H groups in total. The molecule has 0 aliphatic carbocycles. The van der Waals surface area contributed by atoms with E-state index in [2.05, 4.69) is 57.8 Å². The average Bonchev–Trinajstić information content (AvgIpc) is 3.40. The molecule has 0 spiro atoms. The summed E-state index contributed by atoms with van der Waals surface area (Å²) in [5, 5.41) is 5.93. The number of quaternary nitrogens is 1.